The molecule has 0 unspecified atom stereocenters. The third-order valence-corrected chi connectivity index (χ3v) is 5.09. The number of nitrogens with one attached hydrogen (secondary N) is 1. The van der Waals surface area contributed by atoms with Crippen LogP contribution in [0, 0.1) is 5.92 Å². The molecule has 1 fully saturated rings. The van der Waals surface area contributed by atoms with E-state index in [9.17, 15) is 4.79 Å². The minimum absolute atomic E-state index is 0.0849. The second-order valence-corrected chi connectivity index (χ2v) is 6.96. The maximum absolute atomic E-state index is 12.1. The summed E-state index contributed by atoms with van der Waals surface area (Å²) < 4.78 is 1.97. The summed E-state index contributed by atoms with van der Waals surface area (Å²) in [5, 5.41) is 5.08. The Morgan fingerprint density at radius 2 is 2.27 bits per heavy atom. The molecule has 120 valence electrons. The average molecular weight is 320 g/mol. The molecule has 0 radical (unpaired) electrons. The number of fused-ring (bicyclic) bond motifs is 1. The van der Waals surface area contributed by atoms with Gasteiger partial charge in [0.2, 0.25) is 5.91 Å². The molecule has 1 aliphatic rings. The van der Waals surface area contributed by atoms with Crippen molar-refractivity contribution in [2.45, 2.75) is 32.6 Å². The molecule has 22 heavy (non-hydrogen) atoms. The van der Waals surface area contributed by atoms with Gasteiger partial charge >= 0.3 is 0 Å². The van der Waals surface area contributed by atoms with Crippen molar-refractivity contribution in [1.29, 1.82) is 0 Å². The van der Waals surface area contributed by atoms with E-state index < -0.39 is 0 Å². The van der Waals surface area contributed by atoms with Crippen LogP contribution in [0.5, 0.6) is 0 Å². The minimum atomic E-state index is 0.0849. The molecular weight excluding hydrogens is 296 g/mol. The van der Waals surface area contributed by atoms with E-state index in [1.165, 1.54) is 38.9 Å². The monoisotopic (exact) mass is 320 g/mol. The number of nitrogens with zero attached hydrogens (tertiary/aromatic N) is 3. The van der Waals surface area contributed by atoms with Crippen molar-refractivity contribution in [1.82, 2.24) is 19.6 Å². The Hall–Kier alpha value is -1.40. The Balaban J connectivity index is 1.40. The summed E-state index contributed by atoms with van der Waals surface area (Å²) in [5.74, 6) is 0.712. The summed E-state index contributed by atoms with van der Waals surface area (Å²) in [5.41, 5.74) is 0.849. The smallest absolute Gasteiger partial charge is 0.226 e. The van der Waals surface area contributed by atoms with Gasteiger partial charge < -0.3 is 10.2 Å². The van der Waals surface area contributed by atoms with E-state index >= 15 is 0 Å². The summed E-state index contributed by atoms with van der Waals surface area (Å²) in [6.45, 7) is 6.58. The Kier molecular flexibility index (Phi) is 5.10. The topological polar surface area (TPSA) is 49.6 Å². The molecule has 1 amide bonds. The van der Waals surface area contributed by atoms with Gasteiger partial charge in [0, 0.05) is 24.3 Å². The van der Waals surface area contributed by atoms with Crippen molar-refractivity contribution in [3.05, 3.63) is 23.5 Å². The number of piperidine rings is 1. The number of hydrogen-bond acceptors (Lipinski definition) is 4. The third kappa shape index (κ3) is 3.87. The van der Waals surface area contributed by atoms with Crippen LogP contribution in [0.3, 0.4) is 0 Å². The molecule has 1 N–H and O–H groups in total. The molecular formula is C16H24N4OS. The Bertz CT molecular complexity index is 584. The van der Waals surface area contributed by atoms with Gasteiger partial charge in [-0.05, 0) is 44.8 Å². The van der Waals surface area contributed by atoms with Crippen LogP contribution in [0.1, 0.15) is 31.9 Å². The van der Waals surface area contributed by atoms with Gasteiger partial charge in [0.15, 0.2) is 4.96 Å². The SMILES string of the molecule is CCCN1CCC(CNC(=O)Cc2cn3ccsc3n2)CC1. The number of likely N-dealkylation sites (tertiary alicyclic amines) is 1. The van der Waals surface area contributed by atoms with E-state index in [0.29, 0.717) is 12.3 Å². The van der Waals surface area contributed by atoms with Crippen LogP contribution in [0.4, 0.5) is 0 Å². The fraction of sp³-hybridized carbons (Fsp3) is 0.625. The first-order valence-corrected chi connectivity index (χ1v) is 9.02. The number of amides is 1. The molecule has 1 aliphatic heterocycles. The van der Waals surface area contributed by atoms with Gasteiger partial charge in [-0.1, -0.05) is 6.92 Å². The summed E-state index contributed by atoms with van der Waals surface area (Å²) >= 11 is 1.59. The molecule has 0 aromatic carbocycles. The predicted octanol–water partition coefficient (Wildman–Crippen LogP) is 2.18. The largest absolute Gasteiger partial charge is 0.355 e. The molecule has 2 aromatic rings. The maximum atomic E-state index is 12.1. The molecule has 0 atom stereocenters. The summed E-state index contributed by atoms with van der Waals surface area (Å²) in [6, 6.07) is 0. The van der Waals surface area contributed by atoms with Crippen LogP contribution < -0.4 is 5.32 Å². The first-order valence-electron chi connectivity index (χ1n) is 8.14. The molecule has 1 saturated heterocycles. The highest BCUT2D eigenvalue weighted by atomic mass is 32.1. The number of imidazole rings is 1. The Labute approximate surface area is 135 Å². The van der Waals surface area contributed by atoms with Gasteiger partial charge in [0.25, 0.3) is 0 Å². The van der Waals surface area contributed by atoms with Gasteiger partial charge in [-0.25, -0.2) is 4.98 Å². The van der Waals surface area contributed by atoms with Crippen molar-refractivity contribution in [3.8, 4) is 0 Å². The van der Waals surface area contributed by atoms with Crippen molar-refractivity contribution in [2.24, 2.45) is 5.92 Å². The highest BCUT2D eigenvalue weighted by molar-refractivity contribution is 7.15. The average Bonchev–Trinajstić information content (AvgIpc) is 3.08. The highest BCUT2D eigenvalue weighted by Crippen LogP contribution is 2.16. The fourth-order valence-electron chi connectivity index (χ4n) is 3.08. The van der Waals surface area contributed by atoms with Crippen molar-refractivity contribution < 1.29 is 4.79 Å². The lowest BCUT2D eigenvalue weighted by Gasteiger charge is -2.31. The number of aromatic nitrogens is 2. The van der Waals surface area contributed by atoms with Crippen molar-refractivity contribution >= 4 is 22.2 Å². The lowest BCUT2D eigenvalue weighted by Crippen LogP contribution is -2.39. The van der Waals surface area contributed by atoms with E-state index in [-0.39, 0.29) is 5.91 Å². The van der Waals surface area contributed by atoms with E-state index in [1.54, 1.807) is 11.3 Å². The number of hydrogen-bond donors (Lipinski definition) is 1. The molecule has 2 aromatic heterocycles. The summed E-state index contributed by atoms with van der Waals surface area (Å²) in [7, 11) is 0. The van der Waals surface area contributed by atoms with Gasteiger partial charge in [0.05, 0.1) is 12.1 Å². The molecule has 0 bridgehead atoms. The molecule has 0 aliphatic carbocycles. The first kappa shape index (κ1) is 15.5. The maximum Gasteiger partial charge on any atom is 0.226 e. The Morgan fingerprint density at radius 3 is 3.00 bits per heavy atom. The predicted molar refractivity (Wildman–Crippen MR) is 89.2 cm³/mol. The number of thiazole rings is 1. The second-order valence-electron chi connectivity index (χ2n) is 6.09. The van der Waals surface area contributed by atoms with Crippen LogP contribution in [0.15, 0.2) is 17.8 Å². The van der Waals surface area contributed by atoms with Crippen LogP contribution in [0.2, 0.25) is 0 Å². The standard InChI is InChI=1S/C16H24N4OS/c1-2-5-19-6-3-13(4-7-19)11-17-15(21)10-14-12-20-8-9-22-16(20)18-14/h8-9,12-13H,2-7,10-11H2,1H3,(H,17,21). The molecule has 6 heteroatoms. The normalized spacial score (nSPS) is 17.1. The first-order chi connectivity index (χ1) is 10.7. The number of carbonyl (C=O) groups excluding carboxylic acids is 1. The van der Waals surface area contributed by atoms with Crippen LogP contribution >= 0.6 is 11.3 Å². The van der Waals surface area contributed by atoms with Crippen LogP contribution in [-0.2, 0) is 11.2 Å². The van der Waals surface area contributed by atoms with E-state index in [0.717, 1.165) is 17.2 Å². The lowest BCUT2D eigenvalue weighted by atomic mass is 9.96. The van der Waals surface area contributed by atoms with E-state index in [4.69, 9.17) is 0 Å². The van der Waals surface area contributed by atoms with Gasteiger partial charge in [-0.2, -0.15) is 0 Å². The number of rotatable bonds is 6. The molecule has 5 nitrogen and oxygen atoms in total. The van der Waals surface area contributed by atoms with Gasteiger partial charge in [-0.15, -0.1) is 11.3 Å². The molecule has 0 spiro atoms. The number of carbonyl (C=O) groups is 1. The lowest BCUT2D eigenvalue weighted by molar-refractivity contribution is -0.120. The zero-order valence-corrected chi connectivity index (χ0v) is 13.9. The quantitative estimate of drug-likeness (QED) is 0.887. The molecule has 3 heterocycles. The highest BCUT2D eigenvalue weighted by Gasteiger charge is 2.19. The fourth-order valence-corrected chi connectivity index (χ4v) is 3.80. The van der Waals surface area contributed by atoms with E-state index in [1.807, 2.05) is 22.2 Å². The van der Waals surface area contributed by atoms with Gasteiger partial charge in [0.1, 0.15) is 0 Å². The zero-order chi connectivity index (χ0) is 15.4. The summed E-state index contributed by atoms with van der Waals surface area (Å²) in [4.78, 5) is 20.0. The molecule has 0 saturated carbocycles. The van der Waals surface area contributed by atoms with Crippen LogP contribution in [-0.4, -0.2) is 46.4 Å². The minimum Gasteiger partial charge on any atom is -0.355 e. The zero-order valence-electron chi connectivity index (χ0n) is 13.1. The van der Waals surface area contributed by atoms with Crippen molar-refractivity contribution in [2.75, 3.05) is 26.2 Å². The van der Waals surface area contributed by atoms with Gasteiger partial charge in [-0.3, -0.25) is 9.20 Å². The third-order valence-electron chi connectivity index (χ3n) is 4.32. The van der Waals surface area contributed by atoms with Crippen LogP contribution in [0.25, 0.3) is 4.96 Å². The van der Waals surface area contributed by atoms with Crippen molar-refractivity contribution in [3.63, 3.8) is 0 Å². The Morgan fingerprint density at radius 1 is 1.45 bits per heavy atom. The van der Waals surface area contributed by atoms with E-state index in [2.05, 4.69) is 22.1 Å². The summed E-state index contributed by atoms with van der Waals surface area (Å²) in [6.07, 6.45) is 7.90. The molecule has 3 rings (SSSR count). The second kappa shape index (κ2) is 7.24.